The molecule has 0 amide bonds. The van der Waals surface area contributed by atoms with Gasteiger partial charge in [0.15, 0.2) is 0 Å². The summed E-state index contributed by atoms with van der Waals surface area (Å²) in [5.41, 5.74) is 3.07. The SMILES string of the molecule is C=CCC1Cc2ccccc2CC1CC=C. The standard InChI is InChI=1S/C16H20/c1-3-7-13-11-15-9-5-6-10-16(15)12-14(13)8-4-2/h3-6,9-10,13-14H,1-2,7-8,11-12H2. The minimum absolute atomic E-state index is 0.755. The monoisotopic (exact) mass is 212 g/mol. The first-order valence-electron chi connectivity index (χ1n) is 6.13. The Hall–Kier alpha value is -1.30. The predicted molar refractivity (Wildman–Crippen MR) is 70.5 cm³/mol. The van der Waals surface area contributed by atoms with Crippen LogP contribution in [0, 0.1) is 11.8 Å². The Morgan fingerprint density at radius 1 is 0.938 bits per heavy atom. The van der Waals surface area contributed by atoms with Crippen molar-refractivity contribution in [1.29, 1.82) is 0 Å². The zero-order valence-electron chi connectivity index (χ0n) is 9.86. The van der Waals surface area contributed by atoms with Crippen molar-refractivity contribution in [2.75, 3.05) is 0 Å². The summed E-state index contributed by atoms with van der Waals surface area (Å²) in [5.74, 6) is 1.51. The highest BCUT2D eigenvalue weighted by molar-refractivity contribution is 5.30. The second-order valence-electron chi connectivity index (χ2n) is 4.75. The molecule has 0 fully saturated rings. The Balaban J connectivity index is 2.21. The van der Waals surface area contributed by atoms with Crippen LogP contribution in [0.2, 0.25) is 0 Å². The lowest BCUT2D eigenvalue weighted by Gasteiger charge is -2.32. The van der Waals surface area contributed by atoms with E-state index in [0.717, 1.165) is 24.7 Å². The molecule has 0 saturated carbocycles. The molecule has 16 heavy (non-hydrogen) atoms. The molecule has 0 spiro atoms. The minimum Gasteiger partial charge on any atom is -0.103 e. The van der Waals surface area contributed by atoms with E-state index in [1.165, 1.54) is 24.0 Å². The third kappa shape index (κ3) is 2.27. The highest BCUT2D eigenvalue weighted by atomic mass is 14.3. The summed E-state index contributed by atoms with van der Waals surface area (Å²) in [7, 11) is 0. The molecule has 0 aromatic heterocycles. The number of allylic oxidation sites excluding steroid dienone is 2. The molecule has 0 bridgehead atoms. The van der Waals surface area contributed by atoms with Gasteiger partial charge in [-0.15, -0.1) is 13.2 Å². The summed E-state index contributed by atoms with van der Waals surface area (Å²) in [4.78, 5) is 0. The molecular formula is C16H20. The summed E-state index contributed by atoms with van der Waals surface area (Å²) in [6.07, 6.45) is 8.81. The van der Waals surface area contributed by atoms with Gasteiger partial charge in [-0.1, -0.05) is 36.4 Å². The van der Waals surface area contributed by atoms with Crippen molar-refractivity contribution in [2.45, 2.75) is 25.7 Å². The first kappa shape index (κ1) is 11.2. The van der Waals surface area contributed by atoms with E-state index >= 15 is 0 Å². The summed E-state index contributed by atoms with van der Waals surface area (Å²) in [6, 6.07) is 8.85. The Bertz CT molecular complexity index is 338. The van der Waals surface area contributed by atoms with Gasteiger partial charge in [0.2, 0.25) is 0 Å². The molecule has 1 aromatic rings. The number of hydrogen-bond acceptors (Lipinski definition) is 0. The summed E-state index contributed by atoms with van der Waals surface area (Å²) in [6.45, 7) is 7.76. The first-order chi connectivity index (χ1) is 7.85. The van der Waals surface area contributed by atoms with Crippen LogP contribution in [-0.4, -0.2) is 0 Å². The average molecular weight is 212 g/mol. The lowest BCUT2D eigenvalue weighted by atomic mass is 9.73. The molecule has 1 aromatic carbocycles. The highest BCUT2D eigenvalue weighted by Gasteiger charge is 2.26. The van der Waals surface area contributed by atoms with Crippen molar-refractivity contribution >= 4 is 0 Å². The third-order valence-corrected chi connectivity index (χ3v) is 3.69. The van der Waals surface area contributed by atoms with E-state index in [2.05, 4.69) is 49.6 Å². The average Bonchev–Trinajstić information content (AvgIpc) is 2.30. The fourth-order valence-corrected chi connectivity index (χ4v) is 2.83. The highest BCUT2D eigenvalue weighted by Crippen LogP contribution is 2.34. The second kappa shape index (κ2) is 5.16. The van der Waals surface area contributed by atoms with Crippen molar-refractivity contribution in [1.82, 2.24) is 0 Å². The van der Waals surface area contributed by atoms with Crippen LogP contribution in [0.15, 0.2) is 49.6 Å². The molecule has 0 radical (unpaired) electrons. The van der Waals surface area contributed by atoms with Gasteiger partial charge in [-0.2, -0.15) is 0 Å². The molecule has 0 aliphatic heterocycles. The summed E-state index contributed by atoms with van der Waals surface area (Å²) >= 11 is 0. The van der Waals surface area contributed by atoms with Gasteiger partial charge in [-0.25, -0.2) is 0 Å². The molecule has 0 heteroatoms. The fourth-order valence-electron chi connectivity index (χ4n) is 2.83. The van der Waals surface area contributed by atoms with Gasteiger partial charge < -0.3 is 0 Å². The van der Waals surface area contributed by atoms with Gasteiger partial charge in [0, 0.05) is 0 Å². The largest absolute Gasteiger partial charge is 0.103 e. The lowest BCUT2D eigenvalue weighted by Crippen LogP contribution is -2.24. The molecule has 0 N–H and O–H groups in total. The van der Waals surface area contributed by atoms with Gasteiger partial charge in [0.25, 0.3) is 0 Å². The zero-order chi connectivity index (χ0) is 11.4. The maximum absolute atomic E-state index is 3.88. The lowest BCUT2D eigenvalue weighted by molar-refractivity contribution is 0.312. The Morgan fingerprint density at radius 3 is 1.75 bits per heavy atom. The van der Waals surface area contributed by atoms with Crippen molar-refractivity contribution < 1.29 is 0 Å². The van der Waals surface area contributed by atoms with Crippen LogP contribution in [0.25, 0.3) is 0 Å². The molecule has 0 nitrogen and oxygen atoms in total. The predicted octanol–water partition coefficient (Wildman–Crippen LogP) is 4.17. The normalized spacial score (nSPS) is 23.5. The smallest absolute Gasteiger partial charge is 0.0242 e. The summed E-state index contributed by atoms with van der Waals surface area (Å²) < 4.78 is 0. The maximum atomic E-state index is 3.88. The van der Waals surface area contributed by atoms with Gasteiger partial charge >= 0.3 is 0 Å². The maximum Gasteiger partial charge on any atom is -0.0242 e. The van der Waals surface area contributed by atoms with E-state index in [-0.39, 0.29) is 0 Å². The third-order valence-electron chi connectivity index (χ3n) is 3.69. The summed E-state index contributed by atoms with van der Waals surface area (Å²) in [5, 5.41) is 0. The van der Waals surface area contributed by atoms with Crippen LogP contribution < -0.4 is 0 Å². The number of rotatable bonds is 4. The van der Waals surface area contributed by atoms with Crippen molar-refractivity contribution in [3.05, 3.63) is 60.7 Å². The Morgan fingerprint density at radius 2 is 1.38 bits per heavy atom. The molecule has 0 saturated heterocycles. The molecule has 2 rings (SSSR count). The number of benzene rings is 1. The second-order valence-corrected chi connectivity index (χ2v) is 4.75. The minimum atomic E-state index is 0.755. The fraction of sp³-hybridized carbons (Fsp3) is 0.375. The number of fused-ring (bicyclic) bond motifs is 1. The van der Waals surface area contributed by atoms with E-state index in [9.17, 15) is 0 Å². The van der Waals surface area contributed by atoms with Crippen molar-refractivity contribution in [3.8, 4) is 0 Å². The molecule has 84 valence electrons. The van der Waals surface area contributed by atoms with E-state index < -0.39 is 0 Å². The van der Waals surface area contributed by atoms with Crippen LogP contribution in [0.3, 0.4) is 0 Å². The Labute approximate surface area is 98.7 Å². The first-order valence-corrected chi connectivity index (χ1v) is 6.13. The van der Waals surface area contributed by atoms with Gasteiger partial charge in [0.1, 0.15) is 0 Å². The topological polar surface area (TPSA) is 0 Å². The number of hydrogen-bond donors (Lipinski definition) is 0. The van der Waals surface area contributed by atoms with Gasteiger partial charge in [-0.3, -0.25) is 0 Å². The van der Waals surface area contributed by atoms with Crippen LogP contribution in [-0.2, 0) is 12.8 Å². The van der Waals surface area contributed by atoms with Crippen LogP contribution in [0.1, 0.15) is 24.0 Å². The van der Waals surface area contributed by atoms with Crippen molar-refractivity contribution in [3.63, 3.8) is 0 Å². The van der Waals surface area contributed by atoms with Gasteiger partial charge in [-0.05, 0) is 48.6 Å². The van der Waals surface area contributed by atoms with Crippen LogP contribution >= 0.6 is 0 Å². The van der Waals surface area contributed by atoms with E-state index in [1.807, 2.05) is 0 Å². The van der Waals surface area contributed by atoms with Crippen molar-refractivity contribution in [2.24, 2.45) is 11.8 Å². The van der Waals surface area contributed by atoms with E-state index in [1.54, 1.807) is 0 Å². The molecule has 2 atom stereocenters. The molecule has 2 unspecified atom stereocenters. The molecule has 1 aliphatic carbocycles. The molecular weight excluding hydrogens is 192 g/mol. The zero-order valence-corrected chi connectivity index (χ0v) is 9.86. The quantitative estimate of drug-likeness (QED) is 0.657. The van der Waals surface area contributed by atoms with Gasteiger partial charge in [0.05, 0.1) is 0 Å². The van der Waals surface area contributed by atoms with Crippen LogP contribution in [0.5, 0.6) is 0 Å². The van der Waals surface area contributed by atoms with E-state index in [4.69, 9.17) is 0 Å². The molecule has 0 heterocycles. The van der Waals surface area contributed by atoms with Crippen LogP contribution in [0.4, 0.5) is 0 Å². The Kier molecular flexibility index (Phi) is 3.61. The van der Waals surface area contributed by atoms with E-state index in [0.29, 0.717) is 0 Å². The molecule has 1 aliphatic rings.